The lowest BCUT2D eigenvalue weighted by Gasteiger charge is -1.97. The number of rotatable bonds is 1. The van der Waals surface area contributed by atoms with Gasteiger partial charge in [-0.1, -0.05) is 13.8 Å². The molecule has 0 radical (unpaired) electrons. The van der Waals surface area contributed by atoms with Crippen LogP contribution in [0, 0.1) is 6.92 Å². The van der Waals surface area contributed by atoms with E-state index in [4.69, 9.17) is 4.74 Å². The average molecular weight is 193 g/mol. The molecule has 0 aliphatic rings. The van der Waals surface area contributed by atoms with Gasteiger partial charge in [-0.3, -0.25) is 0 Å². The lowest BCUT2D eigenvalue weighted by atomic mass is 10.5. The van der Waals surface area contributed by atoms with Crippen molar-refractivity contribution in [2.24, 2.45) is 0 Å². The fourth-order valence-electron chi connectivity index (χ4n) is 1.09. The van der Waals surface area contributed by atoms with Crippen LogP contribution >= 0.6 is 0 Å². The van der Waals surface area contributed by atoms with E-state index in [1.165, 1.54) is 0 Å². The van der Waals surface area contributed by atoms with Gasteiger partial charge < -0.3 is 4.74 Å². The predicted octanol–water partition coefficient (Wildman–Crippen LogP) is 2.07. The number of aromatic nitrogens is 3. The standard InChI is InChI=1S/C8H9N3O.C2H6/c1-6-5-11-8(10-6)3-7(12-2)4-9-11;1-2/h3-5H,1-2H3;1-2H3. The van der Waals surface area contributed by atoms with Crippen molar-refractivity contribution in [1.82, 2.24) is 14.6 Å². The van der Waals surface area contributed by atoms with Crippen LogP contribution in [0.2, 0.25) is 0 Å². The number of imidazole rings is 1. The molecule has 0 fully saturated rings. The van der Waals surface area contributed by atoms with Crippen molar-refractivity contribution < 1.29 is 4.74 Å². The summed E-state index contributed by atoms with van der Waals surface area (Å²) in [5.41, 5.74) is 1.77. The third-order valence-electron chi connectivity index (χ3n) is 1.65. The molecule has 0 aliphatic carbocycles. The smallest absolute Gasteiger partial charge is 0.157 e. The van der Waals surface area contributed by atoms with Crippen molar-refractivity contribution in [1.29, 1.82) is 0 Å². The Hall–Kier alpha value is -1.58. The van der Waals surface area contributed by atoms with Crippen LogP contribution in [0.15, 0.2) is 18.5 Å². The van der Waals surface area contributed by atoms with Crippen molar-refractivity contribution >= 4 is 5.65 Å². The summed E-state index contributed by atoms with van der Waals surface area (Å²) in [6.07, 6.45) is 3.53. The van der Waals surface area contributed by atoms with Crippen molar-refractivity contribution in [3.05, 3.63) is 24.2 Å². The molecule has 76 valence electrons. The first-order chi connectivity index (χ1) is 6.79. The summed E-state index contributed by atoms with van der Waals surface area (Å²) in [5, 5.41) is 4.10. The number of fused-ring (bicyclic) bond motifs is 1. The fraction of sp³-hybridized carbons (Fsp3) is 0.400. The van der Waals surface area contributed by atoms with Gasteiger partial charge in [0, 0.05) is 6.07 Å². The molecule has 0 saturated carbocycles. The summed E-state index contributed by atoms with van der Waals surface area (Å²) in [7, 11) is 1.61. The van der Waals surface area contributed by atoms with Crippen molar-refractivity contribution in [2.75, 3.05) is 7.11 Å². The highest BCUT2D eigenvalue weighted by Crippen LogP contribution is 2.10. The fourth-order valence-corrected chi connectivity index (χ4v) is 1.09. The Balaban J connectivity index is 0.000000461. The Kier molecular flexibility index (Phi) is 3.45. The Labute approximate surface area is 83.5 Å². The second-order valence-corrected chi connectivity index (χ2v) is 2.58. The number of aryl methyl sites for hydroxylation is 1. The van der Waals surface area contributed by atoms with Gasteiger partial charge in [0.15, 0.2) is 5.65 Å². The zero-order valence-electron chi connectivity index (χ0n) is 8.98. The van der Waals surface area contributed by atoms with Crippen LogP contribution in [0.3, 0.4) is 0 Å². The molecule has 4 heteroatoms. The minimum Gasteiger partial charge on any atom is -0.495 e. The van der Waals surface area contributed by atoms with Gasteiger partial charge in [-0.05, 0) is 6.92 Å². The molecule has 0 amide bonds. The summed E-state index contributed by atoms with van der Waals surface area (Å²) >= 11 is 0. The molecule has 0 spiro atoms. The number of hydrogen-bond donors (Lipinski definition) is 0. The maximum absolute atomic E-state index is 5.02. The van der Waals surface area contributed by atoms with E-state index in [9.17, 15) is 0 Å². The predicted molar refractivity (Wildman–Crippen MR) is 55.6 cm³/mol. The molecule has 0 saturated heterocycles. The van der Waals surface area contributed by atoms with E-state index in [-0.39, 0.29) is 0 Å². The van der Waals surface area contributed by atoms with E-state index in [0.29, 0.717) is 0 Å². The van der Waals surface area contributed by atoms with Gasteiger partial charge in [-0.25, -0.2) is 9.50 Å². The van der Waals surface area contributed by atoms with Crippen LogP contribution in [0.25, 0.3) is 5.65 Å². The van der Waals surface area contributed by atoms with Crippen LogP contribution < -0.4 is 4.74 Å². The monoisotopic (exact) mass is 193 g/mol. The van der Waals surface area contributed by atoms with Crippen LogP contribution in [-0.4, -0.2) is 21.7 Å². The average Bonchev–Trinajstić information content (AvgIpc) is 2.59. The largest absolute Gasteiger partial charge is 0.495 e. The van der Waals surface area contributed by atoms with E-state index >= 15 is 0 Å². The van der Waals surface area contributed by atoms with Gasteiger partial charge >= 0.3 is 0 Å². The molecule has 0 atom stereocenters. The summed E-state index contributed by atoms with van der Waals surface area (Å²) in [6, 6.07) is 1.85. The van der Waals surface area contributed by atoms with E-state index < -0.39 is 0 Å². The summed E-state index contributed by atoms with van der Waals surface area (Å²) in [5.74, 6) is 0.730. The summed E-state index contributed by atoms with van der Waals surface area (Å²) in [4.78, 5) is 4.24. The van der Waals surface area contributed by atoms with E-state index in [0.717, 1.165) is 17.1 Å². The number of nitrogens with zero attached hydrogens (tertiary/aromatic N) is 3. The minimum absolute atomic E-state index is 0.730. The van der Waals surface area contributed by atoms with E-state index in [2.05, 4.69) is 10.1 Å². The Morgan fingerprint density at radius 1 is 1.36 bits per heavy atom. The summed E-state index contributed by atoms with van der Waals surface area (Å²) in [6.45, 7) is 5.93. The highest BCUT2D eigenvalue weighted by Gasteiger charge is 1.99. The lowest BCUT2D eigenvalue weighted by molar-refractivity contribution is 0.411. The number of methoxy groups -OCH3 is 1. The van der Waals surface area contributed by atoms with Crippen molar-refractivity contribution in [3.8, 4) is 5.75 Å². The second-order valence-electron chi connectivity index (χ2n) is 2.58. The summed E-state index contributed by atoms with van der Waals surface area (Å²) < 4.78 is 6.74. The minimum atomic E-state index is 0.730. The van der Waals surface area contributed by atoms with Gasteiger partial charge in [-0.15, -0.1) is 0 Å². The zero-order chi connectivity index (χ0) is 10.6. The van der Waals surface area contributed by atoms with Gasteiger partial charge in [-0.2, -0.15) is 5.10 Å². The van der Waals surface area contributed by atoms with Crippen LogP contribution in [0.5, 0.6) is 5.75 Å². The van der Waals surface area contributed by atoms with E-state index in [1.807, 2.05) is 33.0 Å². The zero-order valence-corrected chi connectivity index (χ0v) is 8.98. The SMILES string of the molecule is CC.COc1cnn2cc(C)nc2c1. The molecule has 0 aromatic carbocycles. The quantitative estimate of drug-likeness (QED) is 0.696. The Morgan fingerprint density at radius 2 is 2.07 bits per heavy atom. The van der Waals surface area contributed by atoms with Crippen LogP contribution in [0.1, 0.15) is 19.5 Å². The molecule has 2 aromatic heterocycles. The van der Waals surface area contributed by atoms with E-state index in [1.54, 1.807) is 17.8 Å². The topological polar surface area (TPSA) is 39.4 Å². The molecular weight excluding hydrogens is 178 g/mol. The lowest BCUT2D eigenvalue weighted by Crippen LogP contribution is -1.91. The van der Waals surface area contributed by atoms with Gasteiger partial charge in [0.2, 0.25) is 0 Å². The van der Waals surface area contributed by atoms with Gasteiger partial charge in [0.1, 0.15) is 5.75 Å². The second kappa shape index (κ2) is 4.60. The highest BCUT2D eigenvalue weighted by atomic mass is 16.5. The molecule has 0 N–H and O–H groups in total. The molecule has 0 aliphatic heterocycles. The Bertz CT molecular complexity index is 409. The molecule has 2 heterocycles. The third kappa shape index (κ3) is 2.02. The van der Waals surface area contributed by atoms with Gasteiger partial charge in [0.25, 0.3) is 0 Å². The van der Waals surface area contributed by atoms with Crippen LogP contribution in [-0.2, 0) is 0 Å². The first-order valence-electron chi connectivity index (χ1n) is 4.65. The van der Waals surface area contributed by atoms with Crippen LogP contribution in [0.4, 0.5) is 0 Å². The number of hydrogen-bond acceptors (Lipinski definition) is 3. The maximum Gasteiger partial charge on any atom is 0.157 e. The first-order valence-corrected chi connectivity index (χ1v) is 4.65. The maximum atomic E-state index is 5.02. The van der Waals surface area contributed by atoms with Gasteiger partial charge in [0.05, 0.1) is 25.2 Å². The van der Waals surface area contributed by atoms with Crippen molar-refractivity contribution in [2.45, 2.75) is 20.8 Å². The molecule has 0 bridgehead atoms. The Morgan fingerprint density at radius 3 is 2.71 bits per heavy atom. The van der Waals surface area contributed by atoms with Crippen molar-refractivity contribution in [3.63, 3.8) is 0 Å². The molecule has 14 heavy (non-hydrogen) atoms. The first kappa shape index (κ1) is 10.5. The normalized spacial score (nSPS) is 9.43. The molecule has 2 rings (SSSR count). The molecular formula is C10H15N3O. The molecule has 2 aromatic rings. The molecule has 4 nitrogen and oxygen atoms in total. The third-order valence-corrected chi connectivity index (χ3v) is 1.65. The highest BCUT2D eigenvalue weighted by molar-refractivity contribution is 5.42. The molecule has 0 unspecified atom stereocenters. The number of ether oxygens (including phenoxy) is 1.